The van der Waals surface area contributed by atoms with Crippen LogP contribution in [-0.2, 0) is 4.79 Å². The van der Waals surface area contributed by atoms with Gasteiger partial charge in [-0.05, 0) is 50.3 Å². The average molecular weight is 260 g/mol. The van der Waals surface area contributed by atoms with Crippen LogP contribution in [0.1, 0.15) is 35.4 Å². The summed E-state index contributed by atoms with van der Waals surface area (Å²) >= 11 is 0. The number of carbonyl (C=O) groups is 1. The fourth-order valence-electron chi connectivity index (χ4n) is 2.98. The lowest BCUT2D eigenvalue weighted by molar-refractivity contribution is -0.131. The first-order chi connectivity index (χ1) is 8.99. The Balaban J connectivity index is 2.15. The molecule has 2 unspecified atom stereocenters. The van der Waals surface area contributed by atoms with Gasteiger partial charge in [0.2, 0.25) is 5.91 Å². The van der Waals surface area contributed by atoms with Gasteiger partial charge in [0.15, 0.2) is 0 Å². The number of likely N-dealkylation sites (N-methyl/N-ethyl adjacent to an activating group) is 1. The Morgan fingerprint density at radius 3 is 2.68 bits per heavy atom. The van der Waals surface area contributed by atoms with Gasteiger partial charge in [-0.25, -0.2) is 0 Å². The molecule has 1 N–H and O–H groups in total. The van der Waals surface area contributed by atoms with Crippen molar-refractivity contribution in [3.63, 3.8) is 0 Å². The maximum atomic E-state index is 12.1. The second kappa shape index (κ2) is 5.74. The van der Waals surface area contributed by atoms with E-state index in [0.29, 0.717) is 5.92 Å². The molecule has 0 bridgehead atoms. The van der Waals surface area contributed by atoms with Crippen LogP contribution in [0, 0.1) is 13.8 Å². The number of benzene rings is 1. The van der Waals surface area contributed by atoms with Crippen molar-refractivity contribution in [1.82, 2.24) is 10.2 Å². The van der Waals surface area contributed by atoms with Crippen molar-refractivity contribution in [2.24, 2.45) is 0 Å². The van der Waals surface area contributed by atoms with Crippen molar-refractivity contribution in [1.29, 1.82) is 0 Å². The SMILES string of the molecule is Cc1ccc(C2CCNC(C(=O)N(C)C)C2)c(C)c1. The Kier molecular flexibility index (Phi) is 4.25. The van der Waals surface area contributed by atoms with Crippen LogP contribution >= 0.6 is 0 Å². The second-order valence-corrected chi connectivity index (χ2v) is 5.82. The van der Waals surface area contributed by atoms with E-state index in [9.17, 15) is 4.79 Å². The smallest absolute Gasteiger partial charge is 0.239 e. The number of aryl methyl sites for hydroxylation is 2. The quantitative estimate of drug-likeness (QED) is 0.884. The van der Waals surface area contributed by atoms with Gasteiger partial charge in [-0.15, -0.1) is 0 Å². The number of nitrogens with zero attached hydrogens (tertiary/aromatic N) is 1. The van der Waals surface area contributed by atoms with Crippen LogP contribution in [0.25, 0.3) is 0 Å². The predicted molar refractivity (Wildman–Crippen MR) is 78.4 cm³/mol. The van der Waals surface area contributed by atoms with Crippen LogP contribution in [0.2, 0.25) is 0 Å². The van der Waals surface area contributed by atoms with E-state index in [0.717, 1.165) is 19.4 Å². The molecule has 19 heavy (non-hydrogen) atoms. The summed E-state index contributed by atoms with van der Waals surface area (Å²) in [4.78, 5) is 13.8. The number of nitrogens with one attached hydrogen (secondary N) is 1. The second-order valence-electron chi connectivity index (χ2n) is 5.82. The zero-order chi connectivity index (χ0) is 14.0. The van der Waals surface area contributed by atoms with Crippen molar-refractivity contribution >= 4 is 5.91 Å². The number of hydrogen-bond acceptors (Lipinski definition) is 2. The van der Waals surface area contributed by atoms with Crippen molar-refractivity contribution in [3.8, 4) is 0 Å². The van der Waals surface area contributed by atoms with E-state index in [1.165, 1.54) is 16.7 Å². The Morgan fingerprint density at radius 2 is 2.05 bits per heavy atom. The van der Waals surface area contributed by atoms with Crippen LogP contribution in [-0.4, -0.2) is 37.5 Å². The van der Waals surface area contributed by atoms with Gasteiger partial charge in [-0.3, -0.25) is 4.79 Å². The first-order valence-corrected chi connectivity index (χ1v) is 7.00. The third-order valence-corrected chi connectivity index (χ3v) is 4.01. The Hall–Kier alpha value is -1.35. The Morgan fingerprint density at radius 1 is 1.32 bits per heavy atom. The lowest BCUT2D eigenvalue weighted by Gasteiger charge is -2.32. The van der Waals surface area contributed by atoms with E-state index in [2.05, 4.69) is 37.4 Å². The molecule has 104 valence electrons. The summed E-state index contributed by atoms with van der Waals surface area (Å²) in [7, 11) is 3.65. The molecular weight excluding hydrogens is 236 g/mol. The highest BCUT2D eigenvalue weighted by Crippen LogP contribution is 2.30. The Labute approximate surface area is 116 Å². The van der Waals surface area contributed by atoms with Crippen molar-refractivity contribution in [2.45, 2.75) is 38.6 Å². The minimum Gasteiger partial charge on any atom is -0.347 e. The molecule has 3 nitrogen and oxygen atoms in total. The fourth-order valence-corrected chi connectivity index (χ4v) is 2.98. The van der Waals surface area contributed by atoms with Crippen LogP contribution < -0.4 is 5.32 Å². The number of piperidine rings is 1. The fraction of sp³-hybridized carbons (Fsp3) is 0.562. The van der Waals surface area contributed by atoms with Crippen molar-refractivity contribution < 1.29 is 4.79 Å². The average Bonchev–Trinajstić information content (AvgIpc) is 2.38. The normalized spacial score (nSPS) is 23.2. The molecule has 0 spiro atoms. The molecule has 1 heterocycles. The van der Waals surface area contributed by atoms with Gasteiger partial charge >= 0.3 is 0 Å². The molecule has 0 aromatic heterocycles. The summed E-state index contributed by atoms with van der Waals surface area (Å²) in [6.45, 7) is 5.22. The standard InChI is InChI=1S/C16H24N2O/c1-11-5-6-14(12(2)9-11)13-7-8-17-15(10-13)16(19)18(3)4/h5-6,9,13,15,17H,7-8,10H2,1-4H3. The topological polar surface area (TPSA) is 32.3 Å². The summed E-state index contributed by atoms with van der Waals surface area (Å²) in [5.74, 6) is 0.685. The van der Waals surface area contributed by atoms with E-state index in [-0.39, 0.29) is 11.9 Å². The molecule has 0 saturated carbocycles. The molecule has 1 aromatic carbocycles. The zero-order valence-corrected chi connectivity index (χ0v) is 12.4. The largest absolute Gasteiger partial charge is 0.347 e. The number of rotatable bonds is 2. The van der Waals surface area contributed by atoms with E-state index < -0.39 is 0 Å². The maximum Gasteiger partial charge on any atom is 0.239 e. The molecule has 1 aliphatic rings. The molecule has 1 aromatic rings. The molecule has 0 radical (unpaired) electrons. The third kappa shape index (κ3) is 3.16. The molecule has 1 aliphatic heterocycles. The van der Waals surface area contributed by atoms with E-state index in [1.54, 1.807) is 4.90 Å². The third-order valence-electron chi connectivity index (χ3n) is 4.01. The van der Waals surface area contributed by atoms with Gasteiger partial charge in [-0.2, -0.15) is 0 Å². The van der Waals surface area contributed by atoms with E-state index >= 15 is 0 Å². The summed E-state index contributed by atoms with van der Waals surface area (Å²) < 4.78 is 0. The maximum absolute atomic E-state index is 12.1. The zero-order valence-electron chi connectivity index (χ0n) is 12.4. The van der Waals surface area contributed by atoms with Crippen LogP contribution in [0.15, 0.2) is 18.2 Å². The first-order valence-electron chi connectivity index (χ1n) is 7.00. The van der Waals surface area contributed by atoms with Gasteiger partial charge < -0.3 is 10.2 Å². The summed E-state index contributed by atoms with van der Waals surface area (Å²) in [5, 5.41) is 3.34. The number of carbonyl (C=O) groups excluding carboxylic acids is 1. The van der Waals surface area contributed by atoms with E-state index in [4.69, 9.17) is 0 Å². The minimum atomic E-state index is -0.0329. The lowest BCUT2D eigenvalue weighted by Crippen LogP contribution is -2.47. The molecule has 1 fully saturated rings. The van der Waals surface area contributed by atoms with Crippen LogP contribution in [0.5, 0.6) is 0 Å². The highest BCUT2D eigenvalue weighted by Gasteiger charge is 2.29. The number of amides is 1. The monoisotopic (exact) mass is 260 g/mol. The minimum absolute atomic E-state index is 0.0329. The van der Waals surface area contributed by atoms with E-state index in [1.807, 2.05) is 14.1 Å². The lowest BCUT2D eigenvalue weighted by atomic mass is 9.83. The summed E-state index contributed by atoms with van der Waals surface area (Å²) in [5.41, 5.74) is 4.06. The molecule has 2 atom stereocenters. The van der Waals surface area contributed by atoms with Crippen molar-refractivity contribution in [2.75, 3.05) is 20.6 Å². The van der Waals surface area contributed by atoms with Gasteiger partial charge in [0.1, 0.15) is 0 Å². The number of hydrogen-bond donors (Lipinski definition) is 1. The highest BCUT2D eigenvalue weighted by molar-refractivity contribution is 5.81. The molecular formula is C16H24N2O. The highest BCUT2D eigenvalue weighted by atomic mass is 16.2. The summed E-state index contributed by atoms with van der Waals surface area (Å²) in [6, 6.07) is 6.61. The van der Waals surface area contributed by atoms with Gasteiger partial charge in [0.25, 0.3) is 0 Å². The first kappa shape index (κ1) is 14.1. The predicted octanol–water partition coefficient (Wildman–Crippen LogP) is 2.23. The molecule has 1 saturated heterocycles. The van der Waals surface area contributed by atoms with Gasteiger partial charge in [-0.1, -0.05) is 23.8 Å². The van der Waals surface area contributed by atoms with Gasteiger partial charge in [0.05, 0.1) is 6.04 Å². The summed E-state index contributed by atoms with van der Waals surface area (Å²) in [6.07, 6.45) is 2.02. The van der Waals surface area contributed by atoms with Crippen LogP contribution in [0.3, 0.4) is 0 Å². The Bertz CT molecular complexity index is 468. The molecule has 3 heteroatoms. The molecule has 2 rings (SSSR count). The molecule has 0 aliphatic carbocycles. The van der Waals surface area contributed by atoms with Crippen LogP contribution in [0.4, 0.5) is 0 Å². The van der Waals surface area contributed by atoms with Gasteiger partial charge in [0, 0.05) is 14.1 Å². The molecule has 1 amide bonds. The van der Waals surface area contributed by atoms with Crippen molar-refractivity contribution in [3.05, 3.63) is 34.9 Å².